The summed E-state index contributed by atoms with van der Waals surface area (Å²) in [6.45, 7) is 4.07. The van der Waals surface area contributed by atoms with Crippen molar-refractivity contribution in [3.05, 3.63) is 22.7 Å². The van der Waals surface area contributed by atoms with Gasteiger partial charge in [-0.15, -0.1) is 0 Å². The summed E-state index contributed by atoms with van der Waals surface area (Å²) >= 11 is 1.60. The van der Waals surface area contributed by atoms with Crippen LogP contribution in [-0.4, -0.2) is 10.1 Å². The third-order valence-electron chi connectivity index (χ3n) is 2.23. The number of thiophene rings is 1. The van der Waals surface area contributed by atoms with E-state index in [1.54, 1.807) is 11.3 Å². The van der Waals surface area contributed by atoms with Crippen molar-refractivity contribution in [2.24, 2.45) is 11.7 Å². The smallest absolute Gasteiger partial charge is 0.258 e. The van der Waals surface area contributed by atoms with Gasteiger partial charge in [0.2, 0.25) is 0 Å². The zero-order chi connectivity index (χ0) is 10.8. The first-order valence-corrected chi connectivity index (χ1v) is 5.74. The average molecular weight is 223 g/mol. The van der Waals surface area contributed by atoms with Crippen molar-refractivity contribution >= 4 is 11.3 Å². The first-order valence-electron chi connectivity index (χ1n) is 4.80. The minimum absolute atomic E-state index is 0.166. The van der Waals surface area contributed by atoms with Crippen molar-refractivity contribution in [3.8, 4) is 11.5 Å². The molecular weight excluding hydrogens is 210 g/mol. The van der Waals surface area contributed by atoms with Crippen molar-refractivity contribution in [3.63, 3.8) is 0 Å². The normalized spacial score (nSPS) is 13.3. The van der Waals surface area contributed by atoms with Gasteiger partial charge < -0.3 is 10.3 Å². The van der Waals surface area contributed by atoms with Crippen LogP contribution in [0, 0.1) is 5.92 Å². The molecule has 15 heavy (non-hydrogen) atoms. The van der Waals surface area contributed by atoms with Gasteiger partial charge in [-0.3, -0.25) is 0 Å². The molecular formula is C10H13N3OS. The van der Waals surface area contributed by atoms with Gasteiger partial charge in [-0.2, -0.15) is 16.3 Å². The van der Waals surface area contributed by atoms with E-state index < -0.39 is 0 Å². The number of aromatic nitrogens is 2. The van der Waals surface area contributed by atoms with Gasteiger partial charge in [-0.25, -0.2) is 0 Å². The van der Waals surface area contributed by atoms with Gasteiger partial charge >= 0.3 is 0 Å². The molecule has 0 amide bonds. The molecule has 0 aliphatic heterocycles. The summed E-state index contributed by atoms with van der Waals surface area (Å²) in [7, 11) is 0. The summed E-state index contributed by atoms with van der Waals surface area (Å²) in [5.41, 5.74) is 6.88. The Morgan fingerprint density at radius 1 is 1.47 bits per heavy atom. The minimum Gasteiger partial charge on any atom is -0.334 e. The lowest BCUT2D eigenvalue weighted by Gasteiger charge is -2.09. The molecule has 5 heteroatoms. The van der Waals surface area contributed by atoms with Crippen LogP contribution in [0.5, 0.6) is 0 Å². The maximum atomic E-state index is 5.92. The van der Waals surface area contributed by atoms with Crippen molar-refractivity contribution in [1.82, 2.24) is 10.1 Å². The summed E-state index contributed by atoms with van der Waals surface area (Å²) in [5.74, 6) is 1.42. The third-order valence-corrected chi connectivity index (χ3v) is 2.91. The molecule has 0 spiro atoms. The standard InChI is InChI=1S/C10H13N3OS/c1-6(2)8(11)9-12-10(14-13-9)7-3-4-15-5-7/h3-6,8H,11H2,1-2H3. The minimum atomic E-state index is -0.166. The summed E-state index contributed by atoms with van der Waals surface area (Å²) < 4.78 is 5.15. The van der Waals surface area contributed by atoms with Gasteiger partial charge in [0.15, 0.2) is 5.82 Å². The molecule has 1 unspecified atom stereocenters. The fraction of sp³-hybridized carbons (Fsp3) is 0.400. The van der Waals surface area contributed by atoms with Gasteiger partial charge in [-0.05, 0) is 17.4 Å². The maximum absolute atomic E-state index is 5.92. The molecule has 2 aromatic rings. The van der Waals surface area contributed by atoms with Crippen LogP contribution in [0.3, 0.4) is 0 Å². The van der Waals surface area contributed by atoms with Crippen molar-refractivity contribution < 1.29 is 4.52 Å². The van der Waals surface area contributed by atoms with E-state index in [0.717, 1.165) is 5.56 Å². The molecule has 0 bridgehead atoms. The van der Waals surface area contributed by atoms with E-state index in [-0.39, 0.29) is 6.04 Å². The molecule has 2 aromatic heterocycles. The Hall–Kier alpha value is -1.20. The number of rotatable bonds is 3. The van der Waals surface area contributed by atoms with Crippen LogP contribution in [0.1, 0.15) is 25.7 Å². The second kappa shape index (κ2) is 4.12. The quantitative estimate of drug-likeness (QED) is 0.868. The fourth-order valence-corrected chi connectivity index (χ4v) is 1.80. The van der Waals surface area contributed by atoms with Gasteiger partial charge in [0, 0.05) is 5.38 Å². The van der Waals surface area contributed by atoms with Crippen LogP contribution in [0.25, 0.3) is 11.5 Å². The Labute approximate surface area is 92.1 Å². The monoisotopic (exact) mass is 223 g/mol. The first-order chi connectivity index (χ1) is 7.18. The SMILES string of the molecule is CC(C)C(N)c1noc(-c2ccsc2)n1. The van der Waals surface area contributed by atoms with E-state index in [2.05, 4.69) is 10.1 Å². The second-order valence-electron chi connectivity index (χ2n) is 3.74. The Kier molecular flexibility index (Phi) is 2.83. The largest absolute Gasteiger partial charge is 0.334 e. The Morgan fingerprint density at radius 3 is 2.87 bits per heavy atom. The van der Waals surface area contributed by atoms with Crippen molar-refractivity contribution in [2.75, 3.05) is 0 Å². The van der Waals surface area contributed by atoms with Crippen LogP contribution in [0.4, 0.5) is 0 Å². The van der Waals surface area contributed by atoms with Crippen LogP contribution >= 0.6 is 11.3 Å². The lowest BCUT2D eigenvalue weighted by Crippen LogP contribution is -2.18. The molecule has 80 valence electrons. The van der Waals surface area contributed by atoms with E-state index >= 15 is 0 Å². The molecule has 0 saturated heterocycles. The fourth-order valence-electron chi connectivity index (χ4n) is 1.17. The molecule has 4 nitrogen and oxygen atoms in total. The molecule has 0 aromatic carbocycles. The van der Waals surface area contributed by atoms with E-state index in [1.807, 2.05) is 30.7 Å². The number of nitrogens with two attached hydrogens (primary N) is 1. The zero-order valence-corrected chi connectivity index (χ0v) is 9.49. The summed E-state index contributed by atoms with van der Waals surface area (Å²) in [6.07, 6.45) is 0. The number of nitrogens with zero attached hydrogens (tertiary/aromatic N) is 2. The predicted molar refractivity (Wildman–Crippen MR) is 59.4 cm³/mol. The van der Waals surface area contributed by atoms with Crippen LogP contribution in [0.2, 0.25) is 0 Å². The molecule has 1 atom stereocenters. The van der Waals surface area contributed by atoms with Gasteiger partial charge in [0.25, 0.3) is 5.89 Å². The van der Waals surface area contributed by atoms with E-state index in [0.29, 0.717) is 17.6 Å². The van der Waals surface area contributed by atoms with Crippen LogP contribution in [-0.2, 0) is 0 Å². The van der Waals surface area contributed by atoms with Gasteiger partial charge in [-0.1, -0.05) is 19.0 Å². The molecule has 0 saturated carbocycles. The lowest BCUT2D eigenvalue weighted by molar-refractivity contribution is 0.400. The molecule has 0 aliphatic carbocycles. The van der Waals surface area contributed by atoms with Gasteiger partial charge in [0.05, 0.1) is 11.6 Å². The van der Waals surface area contributed by atoms with E-state index in [4.69, 9.17) is 10.3 Å². The molecule has 0 fully saturated rings. The molecule has 0 radical (unpaired) electrons. The van der Waals surface area contributed by atoms with Crippen molar-refractivity contribution in [1.29, 1.82) is 0 Å². The third kappa shape index (κ3) is 2.08. The Morgan fingerprint density at radius 2 is 2.27 bits per heavy atom. The van der Waals surface area contributed by atoms with Crippen LogP contribution in [0.15, 0.2) is 21.3 Å². The van der Waals surface area contributed by atoms with Gasteiger partial charge in [0.1, 0.15) is 0 Å². The number of hydrogen-bond donors (Lipinski definition) is 1. The predicted octanol–water partition coefficient (Wildman–Crippen LogP) is 2.45. The highest BCUT2D eigenvalue weighted by Crippen LogP contribution is 2.23. The highest BCUT2D eigenvalue weighted by Gasteiger charge is 2.17. The molecule has 2 N–H and O–H groups in total. The van der Waals surface area contributed by atoms with E-state index in [9.17, 15) is 0 Å². The topological polar surface area (TPSA) is 64.9 Å². The zero-order valence-electron chi connectivity index (χ0n) is 8.68. The highest BCUT2D eigenvalue weighted by atomic mass is 32.1. The second-order valence-corrected chi connectivity index (χ2v) is 4.52. The summed E-state index contributed by atoms with van der Waals surface area (Å²) in [4.78, 5) is 4.28. The summed E-state index contributed by atoms with van der Waals surface area (Å²) in [6, 6.07) is 1.78. The summed E-state index contributed by atoms with van der Waals surface area (Å²) in [5, 5.41) is 7.83. The Bertz CT molecular complexity index is 422. The molecule has 0 aliphatic rings. The Balaban J connectivity index is 2.25. The van der Waals surface area contributed by atoms with Crippen LogP contribution < -0.4 is 5.73 Å². The molecule has 2 heterocycles. The molecule has 2 rings (SSSR count). The maximum Gasteiger partial charge on any atom is 0.258 e. The number of hydrogen-bond acceptors (Lipinski definition) is 5. The average Bonchev–Trinajstić information content (AvgIpc) is 2.86. The first kappa shape index (κ1) is 10.3. The lowest BCUT2D eigenvalue weighted by atomic mass is 10.1. The van der Waals surface area contributed by atoms with E-state index in [1.165, 1.54) is 0 Å². The van der Waals surface area contributed by atoms with Crippen molar-refractivity contribution in [2.45, 2.75) is 19.9 Å². The highest BCUT2D eigenvalue weighted by molar-refractivity contribution is 7.08.